The van der Waals surface area contributed by atoms with Gasteiger partial charge in [-0.25, -0.2) is 4.79 Å². The first kappa shape index (κ1) is 18.5. The van der Waals surface area contributed by atoms with Crippen molar-refractivity contribution in [2.45, 2.75) is 45.4 Å². The van der Waals surface area contributed by atoms with Crippen molar-refractivity contribution in [1.82, 2.24) is 0 Å². The molecule has 1 aromatic rings. The van der Waals surface area contributed by atoms with Crippen LogP contribution in [0.4, 0.5) is 0 Å². The van der Waals surface area contributed by atoms with Crippen LogP contribution >= 0.6 is 0 Å². The van der Waals surface area contributed by atoms with Crippen molar-refractivity contribution in [3.05, 3.63) is 29.8 Å². The van der Waals surface area contributed by atoms with Crippen LogP contribution in [0.3, 0.4) is 0 Å². The van der Waals surface area contributed by atoms with Gasteiger partial charge < -0.3 is 9.84 Å². The maximum Gasteiger partial charge on any atom is 1.00 e. The van der Waals surface area contributed by atoms with Crippen LogP contribution in [-0.2, 0) is 4.74 Å². The first-order valence-corrected chi connectivity index (χ1v) is 6.68. The van der Waals surface area contributed by atoms with Crippen molar-refractivity contribution in [3.63, 3.8) is 0 Å². The molecule has 1 rings (SSSR count). The number of ether oxygens (including phenoxy) is 1. The van der Waals surface area contributed by atoms with Gasteiger partial charge in [-0.15, -0.1) is 5.75 Å². The predicted octanol–water partition coefficient (Wildman–Crippen LogP) is 0.282. The van der Waals surface area contributed by atoms with Gasteiger partial charge in [0.05, 0.1) is 12.2 Å². The van der Waals surface area contributed by atoms with Gasteiger partial charge in [-0.05, 0) is 18.6 Å². The minimum absolute atomic E-state index is 0. The van der Waals surface area contributed by atoms with Gasteiger partial charge >= 0.3 is 35.5 Å². The summed E-state index contributed by atoms with van der Waals surface area (Å²) in [5, 5.41) is 10.9. The molecule has 0 aliphatic heterocycles. The Hall–Kier alpha value is -0.510. The number of carbonyl (C=O) groups is 1. The first-order valence-electron chi connectivity index (χ1n) is 6.68. The molecule has 0 heterocycles. The molecule has 0 aliphatic carbocycles. The second-order valence-electron chi connectivity index (χ2n) is 4.43. The van der Waals surface area contributed by atoms with Gasteiger partial charge in [-0.3, -0.25) is 0 Å². The van der Waals surface area contributed by atoms with E-state index in [2.05, 4.69) is 6.92 Å². The molecule has 0 saturated heterocycles. The Labute approximate surface area is 137 Å². The Balaban J connectivity index is 0.00000324. The number of benzene rings is 1. The number of hydrogen-bond donors (Lipinski definition) is 0. The Morgan fingerprint density at radius 1 is 1.05 bits per heavy atom. The summed E-state index contributed by atoms with van der Waals surface area (Å²) in [4.78, 5) is 11.6. The van der Waals surface area contributed by atoms with E-state index < -0.39 is 0 Å². The molecule has 1 aromatic carbocycles. The zero-order valence-corrected chi connectivity index (χ0v) is 14.0. The van der Waals surface area contributed by atoms with E-state index in [1.54, 1.807) is 0 Å². The molecule has 0 radical (unpaired) electrons. The van der Waals surface area contributed by atoms with Crippen molar-refractivity contribution in [3.8, 4) is 5.75 Å². The van der Waals surface area contributed by atoms with Crippen molar-refractivity contribution < 1.29 is 44.2 Å². The molecule has 0 aromatic heterocycles. The van der Waals surface area contributed by atoms with Gasteiger partial charge in [0.2, 0.25) is 0 Å². The van der Waals surface area contributed by atoms with E-state index in [-0.39, 0.29) is 41.3 Å². The summed E-state index contributed by atoms with van der Waals surface area (Å²) in [5.41, 5.74) is 0.445. The van der Waals surface area contributed by atoms with E-state index in [0.29, 0.717) is 12.2 Å². The quantitative estimate of drug-likeness (QED) is 0.388. The third-order valence-corrected chi connectivity index (χ3v) is 2.82. The second kappa shape index (κ2) is 11.3. The Kier molecular flexibility index (Phi) is 11.0. The van der Waals surface area contributed by atoms with E-state index in [4.69, 9.17) is 4.74 Å². The van der Waals surface area contributed by atoms with Crippen LogP contribution < -0.4 is 34.7 Å². The maximum atomic E-state index is 11.6. The van der Waals surface area contributed by atoms with Gasteiger partial charge in [0.25, 0.3) is 0 Å². The summed E-state index contributed by atoms with van der Waals surface area (Å²) < 4.78 is 5.13. The number of esters is 1. The Morgan fingerprint density at radius 2 is 1.63 bits per heavy atom. The van der Waals surface area contributed by atoms with E-state index in [1.165, 1.54) is 49.9 Å². The summed E-state index contributed by atoms with van der Waals surface area (Å²) in [5.74, 6) is -0.439. The van der Waals surface area contributed by atoms with Gasteiger partial charge in [0.15, 0.2) is 0 Å². The molecule has 19 heavy (non-hydrogen) atoms. The second-order valence-corrected chi connectivity index (χ2v) is 4.43. The van der Waals surface area contributed by atoms with Gasteiger partial charge in [0.1, 0.15) is 0 Å². The van der Waals surface area contributed by atoms with Crippen LogP contribution in [0.1, 0.15) is 55.8 Å². The smallest absolute Gasteiger partial charge is 0.872 e. The van der Waals surface area contributed by atoms with Crippen molar-refractivity contribution in [2.75, 3.05) is 6.61 Å². The number of unbranched alkanes of at least 4 members (excludes halogenated alkanes) is 5. The van der Waals surface area contributed by atoms with Crippen molar-refractivity contribution in [1.29, 1.82) is 0 Å². The van der Waals surface area contributed by atoms with E-state index >= 15 is 0 Å². The average molecular weight is 272 g/mol. The minimum Gasteiger partial charge on any atom is -0.872 e. The molecule has 0 N–H and O–H groups in total. The molecule has 0 aliphatic rings. The number of hydrogen-bond acceptors (Lipinski definition) is 3. The number of carbonyl (C=O) groups excluding carboxylic acids is 1. The molecular formula is C15H21NaO3. The average Bonchev–Trinajstić information content (AvgIpc) is 2.38. The van der Waals surface area contributed by atoms with Gasteiger partial charge in [-0.2, -0.15) is 0 Å². The summed E-state index contributed by atoms with van der Waals surface area (Å²) >= 11 is 0. The summed E-state index contributed by atoms with van der Waals surface area (Å²) in [6.45, 7) is 2.65. The van der Waals surface area contributed by atoms with Gasteiger partial charge in [0, 0.05) is 0 Å². The van der Waals surface area contributed by atoms with Crippen LogP contribution in [0.2, 0.25) is 0 Å². The fourth-order valence-corrected chi connectivity index (χ4v) is 1.72. The van der Waals surface area contributed by atoms with Crippen LogP contribution in [0, 0.1) is 0 Å². The zero-order valence-electron chi connectivity index (χ0n) is 12.0. The molecule has 3 nitrogen and oxygen atoms in total. The van der Waals surface area contributed by atoms with Gasteiger partial charge in [-0.1, -0.05) is 51.2 Å². The van der Waals surface area contributed by atoms with E-state index in [9.17, 15) is 9.90 Å². The zero-order chi connectivity index (χ0) is 13.2. The normalized spacial score (nSPS) is 9.74. The van der Waals surface area contributed by atoms with Crippen molar-refractivity contribution in [2.24, 2.45) is 0 Å². The molecule has 0 spiro atoms. The van der Waals surface area contributed by atoms with Crippen LogP contribution in [0.15, 0.2) is 24.3 Å². The van der Waals surface area contributed by atoms with Crippen LogP contribution in [-0.4, -0.2) is 12.6 Å². The Bertz CT molecular complexity index is 349. The molecule has 0 atom stereocenters. The summed E-state index contributed by atoms with van der Waals surface area (Å²) in [6.07, 6.45) is 7.00. The maximum absolute atomic E-state index is 11.6. The summed E-state index contributed by atoms with van der Waals surface area (Å²) in [6, 6.07) is 5.76. The third kappa shape index (κ3) is 8.30. The van der Waals surface area contributed by atoms with E-state index in [1.807, 2.05) is 0 Å². The van der Waals surface area contributed by atoms with Crippen LogP contribution in [0.5, 0.6) is 5.75 Å². The van der Waals surface area contributed by atoms with Crippen molar-refractivity contribution >= 4 is 5.97 Å². The predicted molar refractivity (Wildman–Crippen MR) is 69.5 cm³/mol. The molecule has 0 fully saturated rings. The monoisotopic (exact) mass is 272 g/mol. The molecule has 4 heteroatoms. The largest absolute Gasteiger partial charge is 1.00 e. The molecule has 100 valence electrons. The van der Waals surface area contributed by atoms with Crippen LogP contribution in [0.25, 0.3) is 0 Å². The fraction of sp³-hybridized carbons (Fsp3) is 0.533. The topological polar surface area (TPSA) is 49.4 Å². The minimum atomic E-state index is -0.344. The molecule has 0 amide bonds. The Morgan fingerprint density at radius 3 is 2.26 bits per heavy atom. The molecule has 0 bridgehead atoms. The molecule has 0 unspecified atom stereocenters. The third-order valence-electron chi connectivity index (χ3n) is 2.82. The first-order chi connectivity index (χ1) is 8.74. The molecule has 0 saturated carbocycles. The number of rotatable bonds is 8. The molecular weight excluding hydrogens is 251 g/mol. The standard InChI is InChI=1S/C15H22O3.Na/c1-2-3-4-5-6-7-12-18-15(17)13-8-10-14(16)11-9-13;/h8-11,16H,2-7,12H2,1H3;/q;+1/p-1. The van der Waals surface area contributed by atoms with E-state index in [0.717, 1.165) is 12.8 Å². The fourth-order valence-electron chi connectivity index (χ4n) is 1.72. The SMILES string of the molecule is CCCCCCCCOC(=O)c1ccc([O-])cc1.[Na+]. The summed E-state index contributed by atoms with van der Waals surface area (Å²) in [7, 11) is 0.